The van der Waals surface area contributed by atoms with E-state index in [9.17, 15) is 29.4 Å². The Bertz CT molecular complexity index is 2520. The van der Waals surface area contributed by atoms with Gasteiger partial charge in [0.05, 0.1) is 37.6 Å². The number of amides is 3. The predicted octanol–water partition coefficient (Wildman–Crippen LogP) is 4.76. The molecule has 69 heavy (non-hydrogen) atoms. The number of carbonyl (C=O) groups is 4. The number of pyridine rings is 1. The number of aliphatic hydroxyl groups is 1. The van der Waals surface area contributed by atoms with Crippen molar-refractivity contribution in [3.8, 4) is 28.1 Å². The molecule has 4 aliphatic heterocycles. The van der Waals surface area contributed by atoms with Crippen LogP contribution in [0.5, 0.6) is 5.75 Å². The number of phenolic OH excluding ortho intramolecular Hbond substituents is 1. The van der Waals surface area contributed by atoms with Crippen molar-refractivity contribution in [2.24, 2.45) is 17.3 Å². The zero-order valence-electron chi connectivity index (χ0n) is 41.5. The monoisotopic (exact) mass is 949 g/mol. The van der Waals surface area contributed by atoms with Crippen LogP contribution in [0.1, 0.15) is 77.0 Å². The SMILES string of the molecule is CCn1c(-c2cnccc2COC)c2c3cc(ccc31)-c1cc(O)cc(c1)C[C@H](NC(=O)C(C(C)C)N(C)C[C@H]1CCN(C(=O)CN3CC[C@@H](O)C3)C1)C(=O)N1CCC[C@H](N1)C(=O)OCC(C)(C)C2. The van der Waals surface area contributed by atoms with Crippen molar-refractivity contribution in [2.45, 2.75) is 111 Å². The number of esters is 1. The van der Waals surface area contributed by atoms with E-state index in [4.69, 9.17) is 9.47 Å². The maximum Gasteiger partial charge on any atom is 0.324 e. The molecule has 2 aromatic heterocycles. The number of aromatic hydroxyl groups is 1. The number of nitrogens with zero attached hydrogens (tertiary/aromatic N) is 6. The summed E-state index contributed by atoms with van der Waals surface area (Å²) in [4.78, 5) is 67.1. The van der Waals surface area contributed by atoms with Gasteiger partial charge in [-0.2, -0.15) is 0 Å². The number of nitrogens with one attached hydrogen (secondary N) is 2. The Morgan fingerprint density at radius 1 is 1.04 bits per heavy atom. The largest absolute Gasteiger partial charge is 0.508 e. The Morgan fingerprint density at radius 3 is 2.59 bits per heavy atom. The molecule has 0 aliphatic carbocycles. The summed E-state index contributed by atoms with van der Waals surface area (Å²) in [6.07, 6.45) is 6.44. The molecular formula is C53H72N8O8. The molecule has 4 aromatic rings. The number of carbonyl (C=O) groups excluding carboxylic acids is 4. The van der Waals surface area contributed by atoms with E-state index in [0.29, 0.717) is 90.2 Å². The van der Waals surface area contributed by atoms with Gasteiger partial charge >= 0.3 is 5.97 Å². The summed E-state index contributed by atoms with van der Waals surface area (Å²) >= 11 is 0. The number of cyclic esters (lactones) is 1. The minimum atomic E-state index is -1.05. The first-order chi connectivity index (χ1) is 33.0. The lowest BCUT2D eigenvalue weighted by molar-refractivity contribution is -0.155. The number of ether oxygens (including phenoxy) is 2. The lowest BCUT2D eigenvalue weighted by Gasteiger charge is -2.37. The standard InChI is InChI=1S/C53H72N8O8/c1-8-60-46-12-11-36-24-41(46)42(49(60)43-26-54-16-13-37(43)31-68-7)25-53(4,5)32-69-52(67)44-10-9-17-61(56-44)51(66)45(22-35-20-38(36)23-40(63)21-35)55-50(65)48(33(2)3)57(6)27-34-14-19-59(28-34)47(64)30-58-18-15-39(62)29-58/h11-13,16,20-21,23-24,26,33-34,39,44-45,48,56,62-63H,8-10,14-15,17-19,22,25,27-32H2,1-7H3,(H,55,65)/t34-,39-,44+,45+,48?/m1/s1. The molecule has 0 spiro atoms. The molecule has 4 aliphatic rings. The van der Waals surface area contributed by atoms with Crippen LogP contribution in [0.2, 0.25) is 0 Å². The number of aliphatic hydroxyl groups excluding tert-OH is 1. The number of hydrogen-bond acceptors (Lipinski definition) is 12. The highest BCUT2D eigenvalue weighted by atomic mass is 16.5. The quantitative estimate of drug-likeness (QED) is 0.143. The number of hydrazine groups is 1. The van der Waals surface area contributed by atoms with Gasteiger partial charge in [0, 0.05) is 93.6 Å². The van der Waals surface area contributed by atoms with Gasteiger partial charge < -0.3 is 34.5 Å². The van der Waals surface area contributed by atoms with Gasteiger partial charge in [0.1, 0.15) is 17.8 Å². The Kier molecular flexibility index (Phi) is 15.4. The Labute approximate surface area is 406 Å². The molecule has 5 atom stereocenters. The highest BCUT2D eigenvalue weighted by molar-refractivity contribution is 5.96. The molecule has 372 valence electrons. The highest BCUT2D eigenvalue weighted by Gasteiger charge is 2.38. The average molecular weight is 949 g/mol. The van der Waals surface area contributed by atoms with Gasteiger partial charge in [-0.3, -0.25) is 39.0 Å². The summed E-state index contributed by atoms with van der Waals surface area (Å²) in [6, 6.07) is 11.2. The summed E-state index contributed by atoms with van der Waals surface area (Å²) in [6.45, 7) is 15.2. The van der Waals surface area contributed by atoms with E-state index in [1.165, 1.54) is 5.01 Å². The maximum absolute atomic E-state index is 14.8. The van der Waals surface area contributed by atoms with E-state index < -0.39 is 35.4 Å². The van der Waals surface area contributed by atoms with Gasteiger partial charge in [-0.1, -0.05) is 39.8 Å². The average Bonchev–Trinajstić information content (AvgIpc) is 4.04. The van der Waals surface area contributed by atoms with Crippen molar-refractivity contribution in [1.82, 2.24) is 40.0 Å². The van der Waals surface area contributed by atoms with Crippen molar-refractivity contribution in [1.29, 1.82) is 0 Å². The maximum atomic E-state index is 14.8. The van der Waals surface area contributed by atoms with Crippen LogP contribution >= 0.6 is 0 Å². The fourth-order valence-corrected chi connectivity index (χ4v) is 11.2. The van der Waals surface area contributed by atoms with Crippen LogP contribution in [-0.2, 0) is 54.6 Å². The van der Waals surface area contributed by atoms with E-state index >= 15 is 0 Å². The van der Waals surface area contributed by atoms with Crippen LogP contribution < -0.4 is 10.7 Å². The van der Waals surface area contributed by atoms with E-state index in [1.807, 2.05) is 53.9 Å². The Balaban J connectivity index is 1.12. The number of fused-ring (bicyclic) bond motifs is 6. The molecule has 3 saturated heterocycles. The molecule has 8 rings (SSSR count). The molecule has 16 heteroatoms. The summed E-state index contributed by atoms with van der Waals surface area (Å²) < 4.78 is 14.1. The molecule has 1 unspecified atom stereocenters. The second-order valence-electron chi connectivity index (χ2n) is 21.0. The first kappa shape index (κ1) is 50.0. The number of phenols is 1. The molecule has 6 bridgehead atoms. The number of aryl methyl sites for hydroxylation is 1. The molecular weight excluding hydrogens is 877 g/mol. The number of β-amino-alcohol motifs (C(OH)–C–C–N with tert-alkyl or cyclic N) is 1. The van der Waals surface area contributed by atoms with Crippen molar-refractivity contribution in [2.75, 3.05) is 66.6 Å². The highest BCUT2D eigenvalue weighted by Crippen LogP contribution is 2.41. The summed E-state index contributed by atoms with van der Waals surface area (Å²) in [7, 11) is 3.61. The minimum absolute atomic E-state index is 0.0306. The van der Waals surface area contributed by atoms with Crippen molar-refractivity contribution in [3.05, 3.63) is 71.5 Å². The number of likely N-dealkylation sites (N-methyl/N-ethyl adjacent to an activating group) is 1. The first-order valence-electron chi connectivity index (χ1n) is 24.9. The zero-order valence-corrected chi connectivity index (χ0v) is 41.5. The van der Waals surface area contributed by atoms with Gasteiger partial charge in [0.15, 0.2) is 0 Å². The summed E-state index contributed by atoms with van der Waals surface area (Å²) in [5, 5.41) is 26.9. The van der Waals surface area contributed by atoms with Crippen molar-refractivity contribution in [3.63, 3.8) is 0 Å². The molecule has 0 radical (unpaired) electrons. The molecule has 0 saturated carbocycles. The Hall–Kier alpha value is -5.39. The number of benzene rings is 2. The smallest absolute Gasteiger partial charge is 0.324 e. The van der Waals surface area contributed by atoms with Gasteiger partial charge in [-0.25, -0.2) is 5.43 Å². The van der Waals surface area contributed by atoms with Crippen molar-refractivity contribution >= 4 is 34.6 Å². The number of hydrogen-bond donors (Lipinski definition) is 4. The number of likely N-dealkylation sites (tertiary alicyclic amines) is 2. The Morgan fingerprint density at radius 2 is 1.86 bits per heavy atom. The minimum Gasteiger partial charge on any atom is -0.508 e. The van der Waals surface area contributed by atoms with Crippen LogP contribution in [0.4, 0.5) is 0 Å². The molecule has 4 N–H and O–H groups in total. The molecule has 2 aromatic carbocycles. The van der Waals surface area contributed by atoms with Gasteiger partial charge in [0.2, 0.25) is 11.8 Å². The molecule has 6 heterocycles. The summed E-state index contributed by atoms with van der Waals surface area (Å²) in [5.74, 6) is -1.02. The van der Waals surface area contributed by atoms with Crippen LogP contribution in [-0.4, -0.2) is 154 Å². The van der Waals surface area contributed by atoms with Crippen LogP contribution in [0, 0.1) is 17.3 Å². The molecule has 3 amide bonds. The lowest BCUT2D eigenvalue weighted by Crippen LogP contribution is -2.62. The second-order valence-corrected chi connectivity index (χ2v) is 21.0. The normalized spacial score (nSPS) is 22.9. The third-order valence-corrected chi connectivity index (χ3v) is 14.5. The van der Waals surface area contributed by atoms with Gasteiger partial charge in [0.25, 0.3) is 5.91 Å². The third kappa shape index (κ3) is 11.3. The predicted molar refractivity (Wildman–Crippen MR) is 264 cm³/mol. The van der Waals surface area contributed by atoms with Crippen LogP contribution in [0.25, 0.3) is 33.3 Å². The van der Waals surface area contributed by atoms with Crippen LogP contribution in [0.15, 0.2) is 54.9 Å². The summed E-state index contributed by atoms with van der Waals surface area (Å²) in [5.41, 5.74) is 10.0. The molecule has 16 nitrogen and oxygen atoms in total. The first-order valence-corrected chi connectivity index (χ1v) is 24.9. The van der Waals surface area contributed by atoms with E-state index in [1.54, 1.807) is 25.4 Å². The second kappa shape index (κ2) is 21.3. The number of aromatic nitrogens is 2. The van der Waals surface area contributed by atoms with Gasteiger partial charge in [-0.15, -0.1) is 0 Å². The van der Waals surface area contributed by atoms with Crippen molar-refractivity contribution < 1.29 is 38.9 Å². The van der Waals surface area contributed by atoms with E-state index in [0.717, 1.165) is 50.8 Å². The zero-order chi connectivity index (χ0) is 49.1. The third-order valence-electron chi connectivity index (χ3n) is 14.5. The molecule has 3 fully saturated rings. The van der Waals surface area contributed by atoms with E-state index in [-0.39, 0.29) is 48.5 Å². The topological polar surface area (TPSA) is 182 Å². The number of rotatable bonds is 12. The number of methoxy groups -OCH3 is 1. The lowest BCUT2D eigenvalue weighted by atomic mass is 9.84. The van der Waals surface area contributed by atoms with Crippen LogP contribution in [0.3, 0.4) is 0 Å². The fourth-order valence-electron chi connectivity index (χ4n) is 11.2. The van der Waals surface area contributed by atoms with Gasteiger partial charge in [-0.05, 0) is 116 Å². The fraction of sp³-hybridized carbons (Fsp3) is 0.566. The van der Waals surface area contributed by atoms with E-state index in [2.05, 4.69) is 59.3 Å².